The number of phenolic OH excluding ortho intramolecular Hbond substituents is 1. The summed E-state index contributed by atoms with van der Waals surface area (Å²) in [4.78, 5) is 24.0. The van der Waals surface area contributed by atoms with E-state index < -0.39 is 27.6 Å². The molecule has 2 rings (SSSR count). The summed E-state index contributed by atoms with van der Waals surface area (Å²) in [5.74, 6) is -1.76. The second-order valence-corrected chi connectivity index (χ2v) is 7.33. The number of aromatic hydroxyl groups is 1. The molecule has 0 aliphatic heterocycles. The molecule has 0 spiro atoms. The van der Waals surface area contributed by atoms with E-state index >= 15 is 0 Å². The van der Waals surface area contributed by atoms with Gasteiger partial charge in [0.1, 0.15) is 5.56 Å². The summed E-state index contributed by atoms with van der Waals surface area (Å²) < 4.78 is 35.9. The van der Waals surface area contributed by atoms with Crippen LogP contribution in [0.4, 0.5) is 5.69 Å². The van der Waals surface area contributed by atoms with Crippen molar-refractivity contribution in [3.8, 4) is 5.75 Å². The molecule has 0 aromatic heterocycles. The number of carbonyl (C=O) groups is 2. The standard InChI is InChI=1S/C18H20N2O7S/c1-26-11-10-19-28(24,25)13-8-6-12(7-9-13)17(22)20-15-5-3-4-14(16(15)21)18(23)27-2/h3-9,19,21H,10-11H2,1-2H3,(H,20,22). The molecular weight excluding hydrogens is 388 g/mol. The van der Waals surface area contributed by atoms with E-state index in [1.165, 1.54) is 56.7 Å². The van der Waals surface area contributed by atoms with Crippen molar-refractivity contribution in [3.05, 3.63) is 53.6 Å². The van der Waals surface area contributed by atoms with Crippen molar-refractivity contribution in [3.63, 3.8) is 0 Å². The number of hydrogen-bond donors (Lipinski definition) is 3. The number of hydrogen-bond acceptors (Lipinski definition) is 7. The number of nitrogens with one attached hydrogen (secondary N) is 2. The van der Waals surface area contributed by atoms with E-state index in [-0.39, 0.29) is 34.9 Å². The third-order valence-corrected chi connectivity index (χ3v) is 5.19. The van der Waals surface area contributed by atoms with E-state index in [0.717, 1.165) is 0 Å². The molecule has 9 nitrogen and oxygen atoms in total. The number of ether oxygens (including phenoxy) is 2. The van der Waals surface area contributed by atoms with Crippen LogP contribution in [0.3, 0.4) is 0 Å². The molecule has 0 fully saturated rings. The van der Waals surface area contributed by atoms with Gasteiger partial charge in [0.15, 0.2) is 5.75 Å². The van der Waals surface area contributed by atoms with Gasteiger partial charge in [0.05, 0.1) is 24.3 Å². The smallest absolute Gasteiger partial charge is 0.341 e. The van der Waals surface area contributed by atoms with Crippen LogP contribution >= 0.6 is 0 Å². The van der Waals surface area contributed by atoms with Gasteiger partial charge in [-0.15, -0.1) is 0 Å². The highest BCUT2D eigenvalue weighted by atomic mass is 32.2. The zero-order valence-electron chi connectivity index (χ0n) is 15.3. The van der Waals surface area contributed by atoms with E-state index in [1.54, 1.807) is 0 Å². The molecule has 0 atom stereocenters. The van der Waals surface area contributed by atoms with Gasteiger partial charge in [-0.3, -0.25) is 4.79 Å². The molecule has 0 aliphatic carbocycles. The van der Waals surface area contributed by atoms with Crippen LogP contribution in [0.25, 0.3) is 0 Å². The molecule has 2 aromatic rings. The van der Waals surface area contributed by atoms with Crippen LogP contribution in [0, 0.1) is 0 Å². The fourth-order valence-electron chi connectivity index (χ4n) is 2.26. The second-order valence-electron chi connectivity index (χ2n) is 5.56. The summed E-state index contributed by atoms with van der Waals surface area (Å²) in [6.45, 7) is 0.352. The van der Waals surface area contributed by atoms with Crippen LogP contribution in [0.5, 0.6) is 5.75 Å². The minimum absolute atomic E-state index is 0.00399. The van der Waals surface area contributed by atoms with Crippen LogP contribution < -0.4 is 10.0 Å². The number of rotatable bonds is 8. The summed E-state index contributed by atoms with van der Waals surface area (Å²) in [5, 5.41) is 12.6. The lowest BCUT2D eigenvalue weighted by molar-refractivity contribution is 0.0597. The Labute approximate surface area is 162 Å². The fourth-order valence-corrected chi connectivity index (χ4v) is 3.27. The van der Waals surface area contributed by atoms with Gasteiger partial charge >= 0.3 is 5.97 Å². The fraction of sp³-hybridized carbons (Fsp3) is 0.222. The van der Waals surface area contributed by atoms with Crippen molar-refractivity contribution in [1.82, 2.24) is 4.72 Å². The average molecular weight is 408 g/mol. The van der Waals surface area contributed by atoms with Gasteiger partial charge in [-0.05, 0) is 36.4 Å². The SMILES string of the molecule is COCCNS(=O)(=O)c1ccc(C(=O)Nc2cccc(C(=O)OC)c2O)cc1. The van der Waals surface area contributed by atoms with E-state index in [0.29, 0.717) is 0 Å². The van der Waals surface area contributed by atoms with E-state index in [2.05, 4.69) is 14.8 Å². The van der Waals surface area contributed by atoms with Crippen molar-refractivity contribution in [2.24, 2.45) is 0 Å². The number of esters is 1. The van der Waals surface area contributed by atoms with Crippen LogP contribution in [0.15, 0.2) is 47.4 Å². The Balaban J connectivity index is 2.15. The summed E-state index contributed by atoms with van der Waals surface area (Å²) in [5.41, 5.74) is 0.0911. The molecule has 0 heterocycles. The Bertz CT molecular complexity index is 956. The van der Waals surface area contributed by atoms with Gasteiger partial charge in [0, 0.05) is 19.2 Å². The molecule has 150 valence electrons. The molecular formula is C18H20N2O7S. The van der Waals surface area contributed by atoms with Gasteiger partial charge in [0.2, 0.25) is 10.0 Å². The van der Waals surface area contributed by atoms with Crippen LogP contribution in [-0.2, 0) is 19.5 Å². The van der Waals surface area contributed by atoms with Crippen molar-refractivity contribution in [2.75, 3.05) is 32.7 Å². The van der Waals surface area contributed by atoms with Gasteiger partial charge in [-0.1, -0.05) is 6.07 Å². The highest BCUT2D eigenvalue weighted by Crippen LogP contribution is 2.28. The molecule has 28 heavy (non-hydrogen) atoms. The zero-order chi connectivity index (χ0) is 20.7. The van der Waals surface area contributed by atoms with Crippen LogP contribution in [0.2, 0.25) is 0 Å². The largest absolute Gasteiger partial charge is 0.505 e. The molecule has 0 radical (unpaired) electrons. The van der Waals surface area contributed by atoms with Crippen molar-refractivity contribution in [1.29, 1.82) is 0 Å². The van der Waals surface area contributed by atoms with Crippen molar-refractivity contribution >= 4 is 27.6 Å². The zero-order valence-corrected chi connectivity index (χ0v) is 16.1. The lowest BCUT2D eigenvalue weighted by Crippen LogP contribution is -2.27. The maximum absolute atomic E-state index is 12.4. The molecule has 3 N–H and O–H groups in total. The van der Waals surface area contributed by atoms with Gasteiger partial charge in [-0.2, -0.15) is 0 Å². The van der Waals surface area contributed by atoms with E-state index in [1.807, 2.05) is 0 Å². The first kappa shape index (κ1) is 21.4. The molecule has 0 saturated carbocycles. The van der Waals surface area contributed by atoms with E-state index in [4.69, 9.17) is 4.74 Å². The first-order chi connectivity index (χ1) is 13.3. The lowest BCUT2D eigenvalue weighted by Gasteiger charge is -2.11. The number of anilines is 1. The number of sulfonamides is 1. The first-order valence-electron chi connectivity index (χ1n) is 8.10. The summed E-state index contributed by atoms with van der Waals surface area (Å²) >= 11 is 0. The highest BCUT2D eigenvalue weighted by Gasteiger charge is 2.18. The molecule has 0 unspecified atom stereocenters. The minimum atomic E-state index is -3.71. The van der Waals surface area contributed by atoms with Gasteiger partial charge in [0.25, 0.3) is 5.91 Å². The first-order valence-corrected chi connectivity index (χ1v) is 9.58. The minimum Gasteiger partial charge on any atom is -0.505 e. The second kappa shape index (κ2) is 9.31. The molecule has 0 aliphatic rings. The molecule has 10 heteroatoms. The van der Waals surface area contributed by atoms with Gasteiger partial charge < -0.3 is 19.9 Å². The normalized spacial score (nSPS) is 11.1. The third-order valence-electron chi connectivity index (χ3n) is 3.71. The Morgan fingerprint density at radius 3 is 2.36 bits per heavy atom. The summed E-state index contributed by atoms with van der Waals surface area (Å²) in [6, 6.07) is 9.49. The van der Waals surface area contributed by atoms with Crippen molar-refractivity contribution < 1.29 is 32.6 Å². The monoisotopic (exact) mass is 408 g/mol. The lowest BCUT2D eigenvalue weighted by atomic mass is 10.1. The predicted molar refractivity (Wildman–Crippen MR) is 101 cm³/mol. The topological polar surface area (TPSA) is 131 Å². The van der Waals surface area contributed by atoms with Crippen LogP contribution in [-0.4, -0.2) is 52.8 Å². The number of amides is 1. The number of methoxy groups -OCH3 is 2. The van der Waals surface area contributed by atoms with Gasteiger partial charge in [-0.25, -0.2) is 17.9 Å². The predicted octanol–water partition coefficient (Wildman–Crippen LogP) is 1.36. The summed E-state index contributed by atoms with van der Waals surface area (Å²) in [6.07, 6.45) is 0. The average Bonchev–Trinajstić information content (AvgIpc) is 2.69. The number of benzene rings is 2. The Morgan fingerprint density at radius 1 is 1.07 bits per heavy atom. The number of para-hydroxylation sites is 1. The Kier molecular flexibility index (Phi) is 7.10. The third kappa shape index (κ3) is 5.06. The molecule has 0 saturated heterocycles. The number of carbonyl (C=O) groups excluding carboxylic acids is 2. The molecule has 1 amide bonds. The maximum atomic E-state index is 12.4. The number of phenols is 1. The van der Waals surface area contributed by atoms with E-state index in [9.17, 15) is 23.1 Å². The quantitative estimate of drug-likeness (QED) is 0.341. The summed E-state index contributed by atoms with van der Waals surface area (Å²) in [7, 11) is -1.08. The maximum Gasteiger partial charge on any atom is 0.341 e. The Morgan fingerprint density at radius 2 is 1.75 bits per heavy atom. The highest BCUT2D eigenvalue weighted by molar-refractivity contribution is 7.89. The van der Waals surface area contributed by atoms with Crippen LogP contribution in [0.1, 0.15) is 20.7 Å². The Hall–Kier alpha value is -2.95. The van der Waals surface area contributed by atoms with Crippen molar-refractivity contribution in [2.45, 2.75) is 4.90 Å². The molecule has 2 aromatic carbocycles. The molecule has 0 bridgehead atoms.